The van der Waals surface area contributed by atoms with E-state index < -0.39 is 0 Å². The van der Waals surface area contributed by atoms with Crippen LogP contribution >= 0.6 is 22.7 Å². The van der Waals surface area contributed by atoms with Gasteiger partial charge in [0.15, 0.2) is 29.0 Å². The molecule has 0 fully saturated rings. The van der Waals surface area contributed by atoms with Gasteiger partial charge in [-0.2, -0.15) is 0 Å². The summed E-state index contributed by atoms with van der Waals surface area (Å²) in [5.74, 6) is 2.46. The first kappa shape index (κ1) is 33.9. The van der Waals surface area contributed by atoms with Gasteiger partial charge in [-0.3, -0.25) is 0 Å². The topological polar surface area (TPSA) is 68.8 Å². The highest BCUT2D eigenvalue weighted by atomic mass is 32.1. The number of para-hydroxylation sites is 1. The monoisotopic (exact) mass is 776 g/mol. The van der Waals surface area contributed by atoms with E-state index in [2.05, 4.69) is 89.8 Å². The van der Waals surface area contributed by atoms with Crippen LogP contribution in [0.2, 0.25) is 0 Å². The van der Waals surface area contributed by atoms with Crippen LogP contribution in [0.5, 0.6) is 0 Å². The van der Waals surface area contributed by atoms with Gasteiger partial charge < -0.3 is 0 Å². The molecule has 0 spiro atoms. The van der Waals surface area contributed by atoms with Crippen molar-refractivity contribution in [3.8, 4) is 67.9 Å². The molecule has 0 atom stereocenters. The Balaban J connectivity index is 1.09. The Kier molecular flexibility index (Phi) is 8.14. The van der Waals surface area contributed by atoms with Gasteiger partial charge in [0.05, 0.1) is 22.5 Å². The predicted octanol–water partition coefficient (Wildman–Crippen LogP) is 14.0. The molecule has 0 aliphatic rings. The van der Waals surface area contributed by atoms with E-state index in [0.29, 0.717) is 29.0 Å². The second kappa shape index (κ2) is 13.9. The Morgan fingerprint density at radius 1 is 0.379 bits per heavy atom. The van der Waals surface area contributed by atoms with Crippen LogP contribution in [0.4, 0.5) is 5.69 Å². The van der Waals surface area contributed by atoms with Crippen LogP contribution < -0.4 is 0 Å². The third-order valence-electron chi connectivity index (χ3n) is 10.4. The van der Waals surface area contributed by atoms with Crippen molar-refractivity contribution in [1.29, 1.82) is 0 Å². The normalized spacial score (nSPS) is 11.4. The standard InChI is InChI=1S/C50H28N6S2/c1-51-39-23-10-8-18-34(39)30-26-28-33(29-27-30)48-54-47(32-16-6-3-7-17-32)55-49(56-48)37-21-13-25-41-42(37)36-20-12-22-38(45(36)58-41)50-52-43(31-14-4-2-5-15-31)46-44(53-50)35-19-9-11-24-40(35)57-46/h2-29H. The second-order valence-corrected chi connectivity index (χ2v) is 16.0. The van der Waals surface area contributed by atoms with E-state index in [1.165, 1.54) is 4.70 Å². The van der Waals surface area contributed by atoms with Gasteiger partial charge in [0, 0.05) is 58.1 Å². The number of aromatic nitrogens is 5. The van der Waals surface area contributed by atoms with Crippen LogP contribution in [0.25, 0.3) is 113 Å². The Labute approximate surface area is 341 Å². The minimum Gasteiger partial charge on any atom is -0.238 e. The molecule has 7 aromatic carbocycles. The van der Waals surface area contributed by atoms with Crippen molar-refractivity contribution in [3.05, 3.63) is 181 Å². The van der Waals surface area contributed by atoms with Crippen LogP contribution in [0.15, 0.2) is 170 Å². The molecule has 11 rings (SSSR count). The van der Waals surface area contributed by atoms with Gasteiger partial charge in [-0.05, 0) is 29.3 Å². The summed E-state index contributed by atoms with van der Waals surface area (Å²) in [7, 11) is 0. The molecule has 8 heteroatoms. The fourth-order valence-corrected chi connectivity index (χ4v) is 10.1. The highest BCUT2D eigenvalue weighted by molar-refractivity contribution is 7.26. The minimum atomic E-state index is 0.573. The van der Waals surface area contributed by atoms with Gasteiger partial charge in [0.2, 0.25) is 0 Å². The Morgan fingerprint density at radius 3 is 1.72 bits per heavy atom. The van der Waals surface area contributed by atoms with Crippen LogP contribution in [-0.2, 0) is 0 Å². The maximum Gasteiger partial charge on any atom is 0.194 e. The summed E-state index contributed by atoms with van der Waals surface area (Å²) in [5, 5.41) is 3.31. The van der Waals surface area contributed by atoms with E-state index >= 15 is 0 Å². The first-order valence-corrected chi connectivity index (χ1v) is 20.4. The molecule has 58 heavy (non-hydrogen) atoms. The lowest BCUT2D eigenvalue weighted by molar-refractivity contribution is 1.08. The van der Waals surface area contributed by atoms with Crippen molar-refractivity contribution in [3.63, 3.8) is 0 Å². The summed E-state index contributed by atoms with van der Waals surface area (Å²) < 4.78 is 4.51. The zero-order chi connectivity index (χ0) is 38.6. The Bertz CT molecular complexity index is 3400. The summed E-state index contributed by atoms with van der Waals surface area (Å²) in [5.41, 5.74) is 9.13. The van der Waals surface area contributed by atoms with Gasteiger partial charge >= 0.3 is 0 Å². The second-order valence-electron chi connectivity index (χ2n) is 13.9. The molecule has 0 aliphatic carbocycles. The van der Waals surface area contributed by atoms with E-state index in [9.17, 15) is 0 Å². The fourth-order valence-electron chi connectivity index (χ4n) is 7.67. The van der Waals surface area contributed by atoms with Crippen molar-refractivity contribution < 1.29 is 0 Å². The largest absolute Gasteiger partial charge is 0.238 e. The molecule has 6 nitrogen and oxygen atoms in total. The highest BCUT2D eigenvalue weighted by Gasteiger charge is 2.21. The first-order chi connectivity index (χ1) is 28.7. The number of hydrogen-bond acceptors (Lipinski definition) is 7. The van der Waals surface area contributed by atoms with Gasteiger partial charge in [0.1, 0.15) is 0 Å². The lowest BCUT2D eigenvalue weighted by atomic mass is 10.0. The molecule has 11 aromatic rings. The summed E-state index contributed by atoms with van der Waals surface area (Å²) in [6.45, 7) is 7.66. The van der Waals surface area contributed by atoms with Crippen molar-refractivity contribution >= 4 is 68.8 Å². The average Bonchev–Trinajstić information content (AvgIpc) is 3.88. The lowest BCUT2D eigenvalue weighted by Crippen LogP contribution is -2.00. The van der Waals surface area contributed by atoms with Gasteiger partial charge in [-0.15, -0.1) is 22.7 Å². The highest BCUT2D eigenvalue weighted by Crippen LogP contribution is 2.45. The number of hydrogen-bond donors (Lipinski definition) is 0. The van der Waals surface area contributed by atoms with E-state index in [-0.39, 0.29) is 0 Å². The van der Waals surface area contributed by atoms with Crippen LogP contribution in [0, 0.1) is 6.57 Å². The zero-order valence-electron chi connectivity index (χ0n) is 30.7. The molecular formula is C50H28N6S2. The molecule has 4 heterocycles. The Morgan fingerprint density at radius 2 is 0.931 bits per heavy atom. The smallest absolute Gasteiger partial charge is 0.194 e. The van der Waals surface area contributed by atoms with Gasteiger partial charge in [-0.1, -0.05) is 152 Å². The molecule has 0 N–H and O–H groups in total. The fraction of sp³-hybridized carbons (Fsp3) is 0. The zero-order valence-corrected chi connectivity index (χ0v) is 32.3. The molecule has 0 amide bonds. The molecule has 0 saturated carbocycles. The Hall–Kier alpha value is -7.44. The number of fused-ring (bicyclic) bond motifs is 6. The third kappa shape index (κ3) is 5.72. The quantitative estimate of drug-likeness (QED) is 0.157. The van der Waals surface area contributed by atoms with Crippen LogP contribution in [0.1, 0.15) is 0 Å². The van der Waals surface area contributed by atoms with Gasteiger partial charge in [-0.25, -0.2) is 29.8 Å². The van der Waals surface area contributed by atoms with Crippen molar-refractivity contribution in [1.82, 2.24) is 24.9 Å². The summed E-state index contributed by atoms with van der Waals surface area (Å²) in [6, 6.07) is 57.5. The van der Waals surface area contributed by atoms with E-state index in [1.807, 2.05) is 84.9 Å². The number of rotatable bonds is 6. The molecule has 0 aliphatic heterocycles. The molecule has 270 valence electrons. The maximum absolute atomic E-state index is 7.66. The third-order valence-corrected chi connectivity index (χ3v) is 12.8. The van der Waals surface area contributed by atoms with Crippen molar-refractivity contribution in [2.24, 2.45) is 0 Å². The maximum atomic E-state index is 7.66. The van der Waals surface area contributed by atoms with E-state index in [1.54, 1.807) is 22.7 Å². The molecule has 0 radical (unpaired) electrons. The molecular weight excluding hydrogens is 749 g/mol. The summed E-state index contributed by atoms with van der Waals surface area (Å²) >= 11 is 3.48. The van der Waals surface area contributed by atoms with Crippen molar-refractivity contribution in [2.45, 2.75) is 0 Å². The average molecular weight is 777 g/mol. The van der Waals surface area contributed by atoms with E-state index in [4.69, 9.17) is 31.5 Å². The van der Waals surface area contributed by atoms with Crippen LogP contribution in [-0.4, -0.2) is 24.9 Å². The molecule has 0 bridgehead atoms. The molecule has 0 unspecified atom stereocenters. The number of nitrogens with zero attached hydrogens (tertiary/aromatic N) is 6. The molecule has 0 saturated heterocycles. The van der Waals surface area contributed by atoms with Crippen LogP contribution in [0.3, 0.4) is 0 Å². The summed E-state index contributed by atoms with van der Waals surface area (Å²) in [4.78, 5) is 29.7. The SMILES string of the molecule is [C-]#[N+]c1ccccc1-c1ccc(-c2nc(-c3ccccc3)nc(-c3cccc4sc5c(-c6nc(-c7ccccc7)c7sc8ccccc8c7n6)cccc5c34)n2)cc1. The number of thiophene rings is 2. The van der Waals surface area contributed by atoms with Crippen molar-refractivity contribution in [2.75, 3.05) is 0 Å². The first-order valence-electron chi connectivity index (χ1n) is 18.8. The van der Waals surface area contributed by atoms with Gasteiger partial charge in [0.25, 0.3) is 0 Å². The summed E-state index contributed by atoms with van der Waals surface area (Å²) in [6.07, 6.45) is 0. The molecule has 4 aromatic heterocycles. The van der Waals surface area contributed by atoms with E-state index in [0.717, 1.165) is 80.4 Å². The predicted molar refractivity (Wildman–Crippen MR) is 240 cm³/mol. The lowest BCUT2D eigenvalue weighted by Gasteiger charge is -2.10. The number of benzene rings is 7. The minimum absolute atomic E-state index is 0.573.